The van der Waals surface area contributed by atoms with Crippen molar-refractivity contribution in [2.45, 2.75) is 32.7 Å². The Balaban J connectivity index is 2.22. The van der Waals surface area contributed by atoms with Crippen molar-refractivity contribution in [3.05, 3.63) is 0 Å². The predicted molar refractivity (Wildman–Crippen MR) is 72.8 cm³/mol. The molecule has 1 heterocycles. The number of carbonyl (C=O) groups excluding carboxylic acids is 1. The van der Waals surface area contributed by atoms with E-state index in [0.717, 1.165) is 12.8 Å². The Morgan fingerprint density at radius 3 is 2.50 bits per heavy atom. The summed E-state index contributed by atoms with van der Waals surface area (Å²) in [7, 11) is 0. The predicted octanol–water partition coefficient (Wildman–Crippen LogP) is 1.54. The van der Waals surface area contributed by atoms with Crippen LogP contribution in [0.1, 0.15) is 26.7 Å². The minimum atomic E-state index is -0.896. The van der Waals surface area contributed by atoms with E-state index in [4.69, 9.17) is 5.11 Å². The number of aliphatic carboxylic acids is 1. The summed E-state index contributed by atoms with van der Waals surface area (Å²) < 4.78 is 0. The zero-order chi connectivity index (χ0) is 13.5. The molecule has 0 aromatic carbocycles. The van der Waals surface area contributed by atoms with Gasteiger partial charge in [-0.2, -0.15) is 11.8 Å². The van der Waals surface area contributed by atoms with Gasteiger partial charge in [-0.15, -0.1) is 0 Å². The molecule has 1 saturated heterocycles. The van der Waals surface area contributed by atoms with Crippen molar-refractivity contribution in [2.24, 2.45) is 11.8 Å². The van der Waals surface area contributed by atoms with E-state index in [9.17, 15) is 9.59 Å². The molecular weight excluding hydrogens is 252 g/mol. The van der Waals surface area contributed by atoms with Crippen molar-refractivity contribution in [3.63, 3.8) is 0 Å². The van der Waals surface area contributed by atoms with Crippen LogP contribution in [0, 0.1) is 11.8 Å². The highest BCUT2D eigenvalue weighted by Crippen LogP contribution is 2.21. The van der Waals surface area contributed by atoms with Crippen molar-refractivity contribution in [3.8, 4) is 0 Å². The molecule has 2 unspecified atom stereocenters. The SMILES string of the molecule is CC(NC(=O)NCC1CCSCC1)C(C)C(=O)O. The molecule has 0 aliphatic carbocycles. The number of carbonyl (C=O) groups is 2. The minimum Gasteiger partial charge on any atom is -0.481 e. The van der Waals surface area contributed by atoms with Crippen LogP contribution in [0.25, 0.3) is 0 Å². The number of carboxylic acid groups (broad SMARTS) is 1. The fraction of sp³-hybridized carbons (Fsp3) is 0.833. The fourth-order valence-electron chi connectivity index (χ4n) is 1.78. The van der Waals surface area contributed by atoms with E-state index in [2.05, 4.69) is 10.6 Å². The van der Waals surface area contributed by atoms with Crippen LogP contribution in [0.4, 0.5) is 4.79 Å². The number of hydrogen-bond acceptors (Lipinski definition) is 3. The van der Waals surface area contributed by atoms with Gasteiger partial charge in [-0.3, -0.25) is 4.79 Å². The number of amides is 2. The Morgan fingerprint density at radius 2 is 1.94 bits per heavy atom. The normalized spacial score (nSPS) is 19.9. The first kappa shape index (κ1) is 15.1. The minimum absolute atomic E-state index is 0.270. The average molecular weight is 274 g/mol. The smallest absolute Gasteiger partial charge is 0.315 e. The van der Waals surface area contributed by atoms with Gasteiger partial charge in [0.05, 0.1) is 5.92 Å². The van der Waals surface area contributed by atoms with Gasteiger partial charge in [0.2, 0.25) is 0 Å². The molecule has 1 aliphatic heterocycles. The number of thioether (sulfide) groups is 1. The fourth-order valence-corrected chi connectivity index (χ4v) is 2.99. The van der Waals surface area contributed by atoms with Gasteiger partial charge in [0, 0.05) is 12.6 Å². The first-order chi connectivity index (χ1) is 8.50. The lowest BCUT2D eigenvalue weighted by Crippen LogP contribution is -2.46. The lowest BCUT2D eigenvalue weighted by Gasteiger charge is -2.23. The van der Waals surface area contributed by atoms with Crippen LogP contribution in [-0.4, -0.2) is 41.2 Å². The third kappa shape index (κ3) is 5.16. The molecule has 6 heteroatoms. The topological polar surface area (TPSA) is 78.4 Å². The van der Waals surface area contributed by atoms with Crippen molar-refractivity contribution in [2.75, 3.05) is 18.1 Å². The van der Waals surface area contributed by atoms with Crippen LogP contribution in [0.2, 0.25) is 0 Å². The number of nitrogens with one attached hydrogen (secondary N) is 2. The van der Waals surface area contributed by atoms with Crippen LogP contribution in [0.5, 0.6) is 0 Å². The van der Waals surface area contributed by atoms with Crippen LogP contribution >= 0.6 is 11.8 Å². The molecule has 1 aliphatic rings. The van der Waals surface area contributed by atoms with E-state index in [1.165, 1.54) is 11.5 Å². The molecule has 2 amide bonds. The Labute approximate surface area is 112 Å². The van der Waals surface area contributed by atoms with Crippen molar-refractivity contribution in [1.29, 1.82) is 0 Å². The summed E-state index contributed by atoms with van der Waals surface area (Å²) in [6.45, 7) is 3.97. The lowest BCUT2D eigenvalue weighted by molar-refractivity contribution is -0.141. The summed E-state index contributed by atoms with van der Waals surface area (Å²) >= 11 is 1.96. The number of rotatable bonds is 5. The highest BCUT2D eigenvalue weighted by Gasteiger charge is 2.21. The molecule has 0 radical (unpaired) electrons. The summed E-state index contributed by atoms with van der Waals surface area (Å²) in [6, 6.07) is -0.641. The molecule has 3 N–H and O–H groups in total. The monoisotopic (exact) mass is 274 g/mol. The van der Waals surface area contributed by atoms with Crippen LogP contribution in [-0.2, 0) is 4.79 Å². The van der Waals surface area contributed by atoms with E-state index in [-0.39, 0.29) is 12.1 Å². The van der Waals surface area contributed by atoms with Gasteiger partial charge < -0.3 is 15.7 Å². The summed E-state index contributed by atoms with van der Waals surface area (Å²) in [6.07, 6.45) is 2.29. The van der Waals surface area contributed by atoms with Gasteiger partial charge in [0.1, 0.15) is 0 Å². The van der Waals surface area contributed by atoms with Gasteiger partial charge in [-0.05, 0) is 44.1 Å². The lowest BCUT2D eigenvalue weighted by atomic mass is 10.0. The quantitative estimate of drug-likeness (QED) is 0.710. The zero-order valence-corrected chi connectivity index (χ0v) is 11.8. The van der Waals surface area contributed by atoms with E-state index in [0.29, 0.717) is 12.5 Å². The molecule has 0 spiro atoms. The molecule has 0 saturated carbocycles. The summed E-state index contributed by atoms with van der Waals surface area (Å²) in [5.41, 5.74) is 0. The third-order valence-electron chi connectivity index (χ3n) is 3.39. The van der Waals surface area contributed by atoms with Crippen molar-refractivity contribution < 1.29 is 14.7 Å². The Bertz CT molecular complexity index is 293. The molecule has 0 aromatic rings. The molecule has 0 aromatic heterocycles. The second-order valence-electron chi connectivity index (χ2n) is 4.83. The van der Waals surface area contributed by atoms with Crippen molar-refractivity contribution >= 4 is 23.8 Å². The Hall–Kier alpha value is -0.910. The van der Waals surface area contributed by atoms with Crippen LogP contribution < -0.4 is 10.6 Å². The highest BCUT2D eigenvalue weighted by atomic mass is 32.2. The summed E-state index contributed by atoms with van der Waals surface area (Å²) in [5, 5.41) is 14.3. The zero-order valence-electron chi connectivity index (χ0n) is 10.9. The molecule has 2 atom stereocenters. The maximum Gasteiger partial charge on any atom is 0.315 e. The van der Waals surface area contributed by atoms with E-state index in [1.54, 1.807) is 13.8 Å². The Kier molecular flexibility index (Phi) is 6.32. The summed E-state index contributed by atoms with van der Waals surface area (Å²) in [4.78, 5) is 22.4. The molecule has 5 nitrogen and oxygen atoms in total. The van der Waals surface area contributed by atoms with Gasteiger partial charge in [0.25, 0.3) is 0 Å². The number of hydrogen-bond donors (Lipinski definition) is 3. The summed E-state index contributed by atoms with van der Waals surface area (Å²) in [5.74, 6) is 1.42. The molecular formula is C12H22N2O3S. The standard InChI is InChI=1S/C12H22N2O3S/c1-8(11(15)16)9(2)14-12(17)13-7-10-3-5-18-6-4-10/h8-10H,3-7H2,1-2H3,(H,15,16)(H2,13,14,17). The first-order valence-corrected chi connectivity index (χ1v) is 7.51. The second kappa shape index (κ2) is 7.51. The van der Waals surface area contributed by atoms with Gasteiger partial charge >= 0.3 is 12.0 Å². The average Bonchev–Trinajstić information content (AvgIpc) is 2.36. The van der Waals surface area contributed by atoms with Crippen LogP contribution in [0.3, 0.4) is 0 Å². The highest BCUT2D eigenvalue weighted by molar-refractivity contribution is 7.99. The van der Waals surface area contributed by atoms with E-state index in [1.807, 2.05) is 11.8 Å². The Morgan fingerprint density at radius 1 is 1.33 bits per heavy atom. The van der Waals surface area contributed by atoms with Crippen molar-refractivity contribution in [1.82, 2.24) is 10.6 Å². The largest absolute Gasteiger partial charge is 0.481 e. The van der Waals surface area contributed by atoms with Crippen LogP contribution in [0.15, 0.2) is 0 Å². The maximum atomic E-state index is 11.6. The number of urea groups is 1. The molecule has 104 valence electrons. The molecule has 18 heavy (non-hydrogen) atoms. The number of carboxylic acids is 1. The maximum absolute atomic E-state index is 11.6. The van der Waals surface area contributed by atoms with Gasteiger partial charge in [-0.1, -0.05) is 0 Å². The van der Waals surface area contributed by atoms with E-state index < -0.39 is 11.9 Å². The third-order valence-corrected chi connectivity index (χ3v) is 4.44. The second-order valence-corrected chi connectivity index (χ2v) is 6.05. The molecule has 1 fully saturated rings. The molecule has 1 rings (SSSR count). The molecule has 0 bridgehead atoms. The van der Waals surface area contributed by atoms with E-state index >= 15 is 0 Å². The van der Waals surface area contributed by atoms with Gasteiger partial charge in [0.15, 0.2) is 0 Å². The first-order valence-electron chi connectivity index (χ1n) is 6.35. The van der Waals surface area contributed by atoms with Gasteiger partial charge in [-0.25, -0.2) is 4.79 Å².